The average molecular weight is 294 g/mol. The molecule has 0 fully saturated rings. The highest BCUT2D eigenvalue weighted by molar-refractivity contribution is 9.10. The van der Waals surface area contributed by atoms with E-state index in [1.54, 1.807) is 0 Å². The number of aryl methyl sites for hydroxylation is 1. The molecule has 17 heavy (non-hydrogen) atoms. The Morgan fingerprint density at radius 3 is 2.88 bits per heavy atom. The quantitative estimate of drug-likeness (QED) is 0.941. The Kier molecular flexibility index (Phi) is 3.97. The Morgan fingerprint density at radius 1 is 1.47 bits per heavy atom. The van der Waals surface area contributed by atoms with Gasteiger partial charge in [-0.3, -0.25) is 4.68 Å². The highest BCUT2D eigenvalue weighted by atomic mass is 79.9. The molecule has 2 rings (SSSR count). The first kappa shape index (κ1) is 12.3. The summed E-state index contributed by atoms with van der Waals surface area (Å²) in [4.78, 5) is 0. The molecule has 0 aliphatic heterocycles. The Bertz CT molecular complexity index is 493. The van der Waals surface area contributed by atoms with Crippen LogP contribution in [-0.2, 0) is 13.5 Å². The van der Waals surface area contributed by atoms with Crippen LogP contribution >= 0.6 is 15.9 Å². The fourth-order valence-corrected chi connectivity index (χ4v) is 2.38. The van der Waals surface area contributed by atoms with Crippen LogP contribution in [-0.4, -0.2) is 16.3 Å². The van der Waals surface area contributed by atoms with Gasteiger partial charge >= 0.3 is 0 Å². The molecule has 90 valence electrons. The third kappa shape index (κ3) is 3.17. The van der Waals surface area contributed by atoms with E-state index in [0.29, 0.717) is 12.5 Å². The third-order valence-corrected chi connectivity index (χ3v) is 3.34. The summed E-state index contributed by atoms with van der Waals surface area (Å²) >= 11 is 3.49. The molecule has 0 amide bonds. The summed E-state index contributed by atoms with van der Waals surface area (Å²) in [5.41, 5.74) is 8.36. The summed E-state index contributed by atoms with van der Waals surface area (Å²) in [7, 11) is 1.93. The SMILES string of the molecule is Cn1cc(CC(CN)c2cccc(Br)c2)cn1. The highest BCUT2D eigenvalue weighted by Gasteiger charge is 2.11. The van der Waals surface area contributed by atoms with Gasteiger partial charge in [0.25, 0.3) is 0 Å². The number of halogens is 1. The monoisotopic (exact) mass is 293 g/mol. The molecule has 0 aliphatic carbocycles. The first-order valence-electron chi connectivity index (χ1n) is 5.62. The van der Waals surface area contributed by atoms with Crippen molar-refractivity contribution in [2.45, 2.75) is 12.3 Å². The van der Waals surface area contributed by atoms with Crippen molar-refractivity contribution < 1.29 is 0 Å². The molecule has 0 saturated carbocycles. The van der Waals surface area contributed by atoms with E-state index in [1.165, 1.54) is 11.1 Å². The van der Waals surface area contributed by atoms with Gasteiger partial charge in [-0.1, -0.05) is 28.1 Å². The van der Waals surface area contributed by atoms with Crippen molar-refractivity contribution in [2.75, 3.05) is 6.54 Å². The van der Waals surface area contributed by atoms with Crippen LogP contribution in [0.2, 0.25) is 0 Å². The number of rotatable bonds is 4. The molecule has 1 unspecified atom stereocenters. The summed E-state index contributed by atoms with van der Waals surface area (Å²) in [6.07, 6.45) is 4.88. The number of hydrogen-bond acceptors (Lipinski definition) is 2. The van der Waals surface area contributed by atoms with Gasteiger partial charge in [-0.15, -0.1) is 0 Å². The molecule has 0 aliphatic rings. The Morgan fingerprint density at radius 2 is 2.29 bits per heavy atom. The lowest BCUT2D eigenvalue weighted by atomic mass is 9.93. The van der Waals surface area contributed by atoms with Gasteiger partial charge in [-0.2, -0.15) is 5.10 Å². The lowest BCUT2D eigenvalue weighted by Gasteiger charge is -2.14. The molecule has 1 aromatic heterocycles. The van der Waals surface area contributed by atoms with Crippen LogP contribution in [0.5, 0.6) is 0 Å². The molecule has 1 heterocycles. The van der Waals surface area contributed by atoms with Crippen LogP contribution in [0, 0.1) is 0 Å². The van der Waals surface area contributed by atoms with Crippen molar-refractivity contribution in [2.24, 2.45) is 12.8 Å². The van der Waals surface area contributed by atoms with Gasteiger partial charge in [0.1, 0.15) is 0 Å². The van der Waals surface area contributed by atoms with E-state index in [9.17, 15) is 0 Å². The van der Waals surface area contributed by atoms with E-state index in [0.717, 1.165) is 10.9 Å². The molecular formula is C13H16BrN3. The molecule has 2 aromatic rings. The molecule has 1 atom stereocenters. The van der Waals surface area contributed by atoms with E-state index < -0.39 is 0 Å². The zero-order chi connectivity index (χ0) is 12.3. The number of nitrogens with zero attached hydrogens (tertiary/aromatic N) is 2. The highest BCUT2D eigenvalue weighted by Crippen LogP contribution is 2.22. The van der Waals surface area contributed by atoms with Crippen LogP contribution in [0.15, 0.2) is 41.1 Å². The lowest BCUT2D eigenvalue weighted by molar-refractivity contribution is 0.692. The minimum atomic E-state index is 0.344. The first-order chi connectivity index (χ1) is 8.19. The van der Waals surface area contributed by atoms with Crippen LogP contribution in [0.4, 0.5) is 0 Å². The van der Waals surface area contributed by atoms with E-state index in [1.807, 2.05) is 36.3 Å². The van der Waals surface area contributed by atoms with Gasteiger partial charge in [0.15, 0.2) is 0 Å². The molecule has 4 heteroatoms. The van der Waals surface area contributed by atoms with Crippen LogP contribution in [0.25, 0.3) is 0 Å². The number of aromatic nitrogens is 2. The van der Waals surface area contributed by atoms with Gasteiger partial charge < -0.3 is 5.73 Å². The second-order valence-electron chi connectivity index (χ2n) is 4.21. The van der Waals surface area contributed by atoms with Gasteiger partial charge in [-0.05, 0) is 36.2 Å². The maximum Gasteiger partial charge on any atom is 0.0521 e. The fraction of sp³-hybridized carbons (Fsp3) is 0.308. The number of nitrogens with two attached hydrogens (primary N) is 1. The van der Waals surface area contributed by atoms with Gasteiger partial charge in [0, 0.05) is 23.6 Å². The Balaban J connectivity index is 2.16. The largest absolute Gasteiger partial charge is 0.330 e. The predicted octanol–water partition coefficient (Wildman–Crippen LogP) is 2.47. The smallest absolute Gasteiger partial charge is 0.0521 e. The minimum absolute atomic E-state index is 0.344. The Labute approximate surface area is 110 Å². The maximum atomic E-state index is 5.87. The number of benzene rings is 1. The number of hydrogen-bond donors (Lipinski definition) is 1. The van der Waals surface area contributed by atoms with Crippen molar-refractivity contribution in [3.05, 3.63) is 52.3 Å². The van der Waals surface area contributed by atoms with Crippen molar-refractivity contribution in [3.63, 3.8) is 0 Å². The normalized spacial score (nSPS) is 12.6. The molecule has 1 aromatic carbocycles. The van der Waals surface area contributed by atoms with Crippen molar-refractivity contribution in [3.8, 4) is 0 Å². The molecule has 0 saturated heterocycles. The second kappa shape index (κ2) is 5.47. The van der Waals surface area contributed by atoms with E-state index in [2.05, 4.69) is 33.2 Å². The van der Waals surface area contributed by atoms with Gasteiger partial charge in [-0.25, -0.2) is 0 Å². The third-order valence-electron chi connectivity index (χ3n) is 2.85. The maximum absolute atomic E-state index is 5.87. The lowest BCUT2D eigenvalue weighted by Crippen LogP contribution is -2.14. The summed E-state index contributed by atoms with van der Waals surface area (Å²) in [5, 5.41) is 4.18. The fourth-order valence-electron chi connectivity index (χ4n) is 1.96. The minimum Gasteiger partial charge on any atom is -0.330 e. The molecule has 0 spiro atoms. The summed E-state index contributed by atoms with van der Waals surface area (Å²) in [5.74, 6) is 0.344. The van der Waals surface area contributed by atoms with Gasteiger partial charge in [0.05, 0.1) is 6.20 Å². The van der Waals surface area contributed by atoms with Gasteiger partial charge in [0.2, 0.25) is 0 Å². The van der Waals surface area contributed by atoms with E-state index >= 15 is 0 Å². The van der Waals surface area contributed by atoms with E-state index in [4.69, 9.17) is 5.73 Å². The topological polar surface area (TPSA) is 43.8 Å². The van der Waals surface area contributed by atoms with E-state index in [-0.39, 0.29) is 0 Å². The molecule has 0 bridgehead atoms. The molecular weight excluding hydrogens is 278 g/mol. The molecule has 0 radical (unpaired) electrons. The molecule has 3 nitrogen and oxygen atoms in total. The summed E-state index contributed by atoms with van der Waals surface area (Å²) in [6.45, 7) is 0.644. The first-order valence-corrected chi connectivity index (χ1v) is 6.41. The predicted molar refractivity (Wildman–Crippen MR) is 72.8 cm³/mol. The second-order valence-corrected chi connectivity index (χ2v) is 5.13. The standard InChI is InChI=1S/C13H16BrN3/c1-17-9-10(8-16-17)5-12(7-15)11-3-2-4-13(14)6-11/h2-4,6,8-9,12H,5,7,15H2,1H3. The van der Waals surface area contributed by atoms with Crippen molar-refractivity contribution in [1.82, 2.24) is 9.78 Å². The average Bonchev–Trinajstić information content (AvgIpc) is 2.72. The summed E-state index contributed by atoms with van der Waals surface area (Å²) in [6, 6.07) is 8.33. The van der Waals surface area contributed by atoms with Crippen LogP contribution in [0.1, 0.15) is 17.0 Å². The molecule has 2 N–H and O–H groups in total. The zero-order valence-electron chi connectivity index (χ0n) is 9.81. The zero-order valence-corrected chi connectivity index (χ0v) is 11.4. The van der Waals surface area contributed by atoms with Crippen LogP contribution in [0.3, 0.4) is 0 Å². The van der Waals surface area contributed by atoms with Crippen LogP contribution < -0.4 is 5.73 Å². The van der Waals surface area contributed by atoms with Crippen molar-refractivity contribution in [1.29, 1.82) is 0 Å². The van der Waals surface area contributed by atoms with Crippen molar-refractivity contribution >= 4 is 15.9 Å². The Hall–Kier alpha value is -1.13. The summed E-state index contributed by atoms with van der Waals surface area (Å²) < 4.78 is 2.92.